The molecule has 0 aliphatic heterocycles. The van der Waals surface area contributed by atoms with E-state index in [-0.39, 0.29) is 0 Å². The van der Waals surface area contributed by atoms with Gasteiger partial charge in [0.25, 0.3) is 0 Å². The van der Waals surface area contributed by atoms with Crippen molar-refractivity contribution in [1.82, 2.24) is 9.97 Å². The largest absolute Gasteiger partial charge is 0.308 e. The van der Waals surface area contributed by atoms with Crippen LogP contribution in [0.15, 0.2) is 122 Å². The Kier molecular flexibility index (Phi) is 4.68. The van der Waals surface area contributed by atoms with Gasteiger partial charge in [-0.3, -0.25) is 9.97 Å². The second-order valence-electron chi connectivity index (χ2n) is 9.17. The summed E-state index contributed by atoms with van der Waals surface area (Å²) in [6.07, 6.45) is 3.81. The molecule has 0 N–H and O–H groups in total. The molecule has 0 bridgehead atoms. The summed E-state index contributed by atoms with van der Waals surface area (Å²) in [5, 5.41) is 7.17. The van der Waals surface area contributed by atoms with Crippen LogP contribution in [-0.2, 0) is 0 Å². The first-order valence-corrected chi connectivity index (χ1v) is 12.2. The molecule has 0 unspecified atom stereocenters. The van der Waals surface area contributed by atoms with Crippen LogP contribution in [0.3, 0.4) is 0 Å². The van der Waals surface area contributed by atoms with Crippen molar-refractivity contribution in [2.75, 3.05) is 4.90 Å². The summed E-state index contributed by atoms with van der Waals surface area (Å²) < 4.78 is 0. The summed E-state index contributed by atoms with van der Waals surface area (Å²) in [4.78, 5) is 11.8. The van der Waals surface area contributed by atoms with Crippen molar-refractivity contribution in [3.63, 3.8) is 0 Å². The van der Waals surface area contributed by atoms with Crippen LogP contribution in [0.4, 0.5) is 17.1 Å². The van der Waals surface area contributed by atoms with Crippen molar-refractivity contribution >= 4 is 60.4 Å². The lowest BCUT2D eigenvalue weighted by molar-refractivity contribution is 1.27. The topological polar surface area (TPSA) is 29.0 Å². The molecule has 0 fully saturated rings. The van der Waals surface area contributed by atoms with E-state index in [4.69, 9.17) is 4.98 Å². The minimum atomic E-state index is 0.941. The molecular formula is C33H23N3. The maximum atomic E-state index is 4.90. The minimum absolute atomic E-state index is 0.941. The van der Waals surface area contributed by atoms with Crippen LogP contribution in [0.5, 0.6) is 0 Å². The average molecular weight is 462 g/mol. The number of para-hydroxylation sites is 1. The van der Waals surface area contributed by atoms with Gasteiger partial charge in [0.2, 0.25) is 0 Å². The predicted octanol–water partition coefficient (Wildman–Crippen LogP) is 8.87. The third-order valence-electron chi connectivity index (χ3n) is 7.06. The molecule has 3 nitrogen and oxygen atoms in total. The lowest BCUT2D eigenvalue weighted by atomic mass is 9.94. The van der Waals surface area contributed by atoms with Gasteiger partial charge in [0.1, 0.15) is 0 Å². The van der Waals surface area contributed by atoms with Gasteiger partial charge in [-0.15, -0.1) is 0 Å². The fourth-order valence-corrected chi connectivity index (χ4v) is 5.36. The Hall–Kier alpha value is -4.76. The van der Waals surface area contributed by atoms with Crippen molar-refractivity contribution in [3.05, 3.63) is 127 Å². The molecule has 7 aromatic rings. The van der Waals surface area contributed by atoms with Gasteiger partial charge in [-0.2, -0.15) is 0 Å². The molecule has 0 saturated heterocycles. The van der Waals surface area contributed by atoms with Crippen LogP contribution in [0, 0.1) is 6.92 Å². The van der Waals surface area contributed by atoms with Crippen molar-refractivity contribution in [2.24, 2.45) is 0 Å². The lowest BCUT2D eigenvalue weighted by Crippen LogP contribution is -2.12. The number of hydrogen-bond acceptors (Lipinski definition) is 3. The van der Waals surface area contributed by atoms with Crippen LogP contribution in [0.1, 0.15) is 5.56 Å². The Morgan fingerprint density at radius 2 is 1.17 bits per heavy atom. The molecule has 0 radical (unpaired) electrons. The van der Waals surface area contributed by atoms with Crippen LogP contribution in [-0.4, -0.2) is 9.97 Å². The quantitative estimate of drug-likeness (QED) is 0.246. The van der Waals surface area contributed by atoms with Gasteiger partial charge in [0.15, 0.2) is 0 Å². The molecule has 0 atom stereocenters. The fraction of sp³-hybridized carbons (Fsp3) is 0.0303. The number of rotatable bonds is 3. The second-order valence-corrected chi connectivity index (χ2v) is 9.17. The molecule has 0 aliphatic carbocycles. The van der Waals surface area contributed by atoms with Gasteiger partial charge < -0.3 is 4.90 Å². The van der Waals surface area contributed by atoms with Crippen LogP contribution < -0.4 is 4.90 Å². The van der Waals surface area contributed by atoms with E-state index in [1.807, 2.05) is 18.5 Å². The molecular weight excluding hydrogens is 438 g/mol. The van der Waals surface area contributed by atoms with Crippen molar-refractivity contribution in [3.8, 4) is 0 Å². The molecule has 2 heterocycles. The van der Waals surface area contributed by atoms with E-state index in [0.717, 1.165) is 33.2 Å². The zero-order chi connectivity index (χ0) is 24.1. The number of nitrogens with zero attached hydrogens (tertiary/aromatic N) is 3. The van der Waals surface area contributed by atoms with E-state index >= 15 is 0 Å². The standard InChI is InChI=1S/C33H23N3/c1-22-27-13-5-7-15-29(27)33(30-16-8-6-14-28(22)30)36(25-11-3-2-4-12-25)26-19-24-18-23-10-9-17-34-31(23)20-32(24)35-21-26/h2-21H,1H3. The molecule has 3 heteroatoms. The van der Waals surface area contributed by atoms with E-state index in [1.54, 1.807) is 0 Å². The highest BCUT2D eigenvalue weighted by Gasteiger charge is 2.20. The number of fused-ring (bicyclic) bond motifs is 4. The molecule has 170 valence electrons. The summed E-state index contributed by atoms with van der Waals surface area (Å²) in [6.45, 7) is 2.22. The Morgan fingerprint density at radius 3 is 1.89 bits per heavy atom. The highest BCUT2D eigenvalue weighted by molar-refractivity contribution is 6.16. The summed E-state index contributed by atoms with van der Waals surface area (Å²) >= 11 is 0. The Bertz CT molecular complexity index is 1850. The lowest BCUT2D eigenvalue weighted by Gasteiger charge is -2.29. The molecule has 7 rings (SSSR count). The van der Waals surface area contributed by atoms with Gasteiger partial charge in [-0.1, -0.05) is 72.8 Å². The predicted molar refractivity (Wildman–Crippen MR) is 151 cm³/mol. The number of aromatic nitrogens is 2. The number of aryl methyl sites for hydroxylation is 1. The Balaban J connectivity index is 1.58. The van der Waals surface area contributed by atoms with E-state index in [0.29, 0.717) is 0 Å². The van der Waals surface area contributed by atoms with E-state index < -0.39 is 0 Å². The first-order valence-electron chi connectivity index (χ1n) is 12.2. The van der Waals surface area contributed by atoms with Gasteiger partial charge in [-0.05, 0) is 59.7 Å². The Morgan fingerprint density at radius 1 is 0.528 bits per heavy atom. The molecule has 0 spiro atoms. The maximum Gasteiger partial charge on any atom is 0.0725 e. The first kappa shape index (κ1) is 20.6. The first-order chi connectivity index (χ1) is 17.8. The van der Waals surface area contributed by atoms with Crippen molar-refractivity contribution in [2.45, 2.75) is 6.92 Å². The molecule has 0 aliphatic rings. The van der Waals surface area contributed by atoms with Crippen LogP contribution in [0.2, 0.25) is 0 Å². The zero-order valence-electron chi connectivity index (χ0n) is 19.9. The van der Waals surface area contributed by atoms with Crippen LogP contribution in [0.25, 0.3) is 43.4 Å². The van der Waals surface area contributed by atoms with E-state index in [2.05, 4.69) is 120 Å². The van der Waals surface area contributed by atoms with Gasteiger partial charge in [0, 0.05) is 33.4 Å². The third-order valence-corrected chi connectivity index (χ3v) is 7.06. The molecule has 0 saturated carbocycles. The average Bonchev–Trinajstić information content (AvgIpc) is 2.94. The van der Waals surface area contributed by atoms with E-state index in [9.17, 15) is 0 Å². The third kappa shape index (κ3) is 3.21. The van der Waals surface area contributed by atoms with Crippen molar-refractivity contribution < 1.29 is 0 Å². The summed E-state index contributed by atoms with van der Waals surface area (Å²) in [5.41, 5.74) is 6.49. The number of anilines is 3. The maximum absolute atomic E-state index is 4.90. The summed E-state index contributed by atoms with van der Waals surface area (Å²) in [7, 11) is 0. The van der Waals surface area contributed by atoms with Gasteiger partial charge in [-0.25, -0.2) is 0 Å². The number of hydrogen-bond donors (Lipinski definition) is 0. The Labute approximate surface area is 209 Å². The molecule has 5 aromatic carbocycles. The zero-order valence-corrected chi connectivity index (χ0v) is 19.9. The van der Waals surface area contributed by atoms with Crippen molar-refractivity contribution in [1.29, 1.82) is 0 Å². The molecule has 2 aromatic heterocycles. The van der Waals surface area contributed by atoms with Gasteiger partial charge >= 0.3 is 0 Å². The summed E-state index contributed by atoms with van der Waals surface area (Å²) in [6, 6.07) is 38.5. The smallest absolute Gasteiger partial charge is 0.0725 e. The monoisotopic (exact) mass is 461 g/mol. The molecule has 0 amide bonds. The molecule has 36 heavy (non-hydrogen) atoms. The summed E-state index contributed by atoms with van der Waals surface area (Å²) in [5.74, 6) is 0. The highest BCUT2D eigenvalue weighted by atomic mass is 15.2. The van der Waals surface area contributed by atoms with Crippen LogP contribution >= 0.6 is 0 Å². The SMILES string of the molecule is Cc1c2ccccc2c(N(c2ccccc2)c2cnc3cc4ncccc4cc3c2)c2ccccc12. The van der Waals surface area contributed by atoms with E-state index in [1.165, 1.54) is 32.8 Å². The number of pyridine rings is 2. The minimum Gasteiger partial charge on any atom is -0.308 e. The van der Waals surface area contributed by atoms with Gasteiger partial charge in [0.05, 0.1) is 28.6 Å². The number of benzene rings is 5. The highest BCUT2D eigenvalue weighted by Crippen LogP contribution is 2.45. The second kappa shape index (κ2) is 8.17. The normalized spacial score (nSPS) is 11.5. The fourth-order valence-electron chi connectivity index (χ4n) is 5.36.